The monoisotopic (exact) mass is 462 g/mol. The molecule has 2 rings (SSSR count). The Kier molecular flexibility index (Phi) is 12.4. The number of allylic oxidation sites excluding steroid dienone is 1. The number of amides is 1. The molecule has 0 aliphatic rings. The first-order valence-corrected chi connectivity index (χ1v) is 11.8. The van der Waals surface area contributed by atoms with Crippen LogP contribution in [0.5, 0.6) is 0 Å². The van der Waals surface area contributed by atoms with Crippen LogP contribution in [0.2, 0.25) is 0 Å². The number of anilines is 1. The summed E-state index contributed by atoms with van der Waals surface area (Å²) in [5, 5.41) is 4.94. The van der Waals surface area contributed by atoms with Crippen LogP contribution in [0, 0.1) is 0 Å². The van der Waals surface area contributed by atoms with Crippen molar-refractivity contribution in [2.75, 3.05) is 32.5 Å². The van der Waals surface area contributed by atoms with Gasteiger partial charge in [-0.25, -0.2) is 0 Å². The van der Waals surface area contributed by atoms with Crippen LogP contribution < -0.4 is 17.7 Å². The molecule has 1 heterocycles. The second-order valence-corrected chi connectivity index (χ2v) is 9.40. The van der Waals surface area contributed by atoms with Gasteiger partial charge in [0.25, 0.3) is 5.91 Å². The number of unbranched alkanes of at least 4 members (excludes halogenated alkanes) is 5. The molecule has 0 aliphatic heterocycles. The van der Waals surface area contributed by atoms with Crippen LogP contribution in [-0.4, -0.2) is 43.4 Å². The van der Waals surface area contributed by atoms with Gasteiger partial charge < -0.3 is 22.2 Å². The largest absolute Gasteiger partial charge is 1.00 e. The third-order valence-electron chi connectivity index (χ3n) is 5.08. The topological polar surface area (TPSA) is 46.2 Å². The first-order chi connectivity index (χ1) is 14.4. The van der Waals surface area contributed by atoms with Gasteiger partial charge in [-0.2, -0.15) is 0 Å². The van der Waals surface area contributed by atoms with Crippen molar-refractivity contribution in [3.63, 3.8) is 0 Å². The summed E-state index contributed by atoms with van der Waals surface area (Å²) in [4.78, 5) is 25.8. The first kappa shape index (κ1) is 27.1. The van der Waals surface area contributed by atoms with Crippen molar-refractivity contribution < 1.29 is 26.5 Å². The Morgan fingerprint density at radius 1 is 1.00 bits per heavy atom. The van der Waals surface area contributed by atoms with Crippen molar-refractivity contribution in [2.45, 2.75) is 45.4 Å². The van der Waals surface area contributed by atoms with Gasteiger partial charge in [0.05, 0.1) is 20.6 Å². The molecule has 170 valence electrons. The van der Waals surface area contributed by atoms with E-state index in [2.05, 4.69) is 26.3 Å². The van der Waals surface area contributed by atoms with Gasteiger partial charge in [-0.15, -0.1) is 11.3 Å². The van der Waals surface area contributed by atoms with E-state index >= 15 is 0 Å². The first-order valence-electron chi connectivity index (χ1n) is 10.9. The SMILES string of the molecule is CCCCCCCC[N+](C)(C)CC(=O)Nc1ccc(C(=O)/C=C/c2cccs2)cc1.[Cl-]. The highest BCUT2D eigenvalue weighted by molar-refractivity contribution is 7.10. The maximum absolute atomic E-state index is 12.5. The minimum absolute atomic E-state index is 0. The summed E-state index contributed by atoms with van der Waals surface area (Å²) in [5.74, 6) is -0.0411. The molecule has 1 aromatic carbocycles. The molecule has 0 unspecified atom stereocenters. The number of nitrogens with zero attached hydrogens (tertiary/aromatic N) is 1. The smallest absolute Gasteiger partial charge is 0.279 e. The number of hydrogen-bond donors (Lipinski definition) is 1. The lowest BCUT2D eigenvalue weighted by Gasteiger charge is -2.29. The number of quaternary nitrogens is 1. The lowest BCUT2D eigenvalue weighted by Crippen LogP contribution is -3.00. The number of hydrogen-bond acceptors (Lipinski definition) is 3. The fraction of sp³-hybridized carbons (Fsp3) is 0.440. The van der Waals surface area contributed by atoms with E-state index in [1.54, 1.807) is 41.7 Å². The number of carbonyl (C=O) groups excluding carboxylic acids is 2. The van der Waals surface area contributed by atoms with Gasteiger partial charge in [-0.3, -0.25) is 9.59 Å². The van der Waals surface area contributed by atoms with E-state index in [-0.39, 0.29) is 24.1 Å². The third kappa shape index (κ3) is 10.8. The molecule has 1 amide bonds. The summed E-state index contributed by atoms with van der Waals surface area (Å²) in [5.41, 5.74) is 1.33. The number of nitrogens with one attached hydrogen (secondary N) is 1. The minimum Gasteiger partial charge on any atom is -1.00 e. The number of rotatable bonds is 13. The average molecular weight is 463 g/mol. The van der Waals surface area contributed by atoms with Gasteiger partial charge in [0.2, 0.25) is 0 Å². The maximum atomic E-state index is 12.5. The molecule has 0 atom stereocenters. The summed E-state index contributed by atoms with van der Waals surface area (Å²) in [7, 11) is 4.21. The molecular weight excluding hydrogens is 428 g/mol. The minimum atomic E-state index is -0.0435. The Hall–Kier alpha value is -1.95. The molecule has 31 heavy (non-hydrogen) atoms. The van der Waals surface area contributed by atoms with Crippen LogP contribution in [0.4, 0.5) is 5.69 Å². The second kappa shape index (κ2) is 14.2. The van der Waals surface area contributed by atoms with Gasteiger partial charge in [0.1, 0.15) is 0 Å². The molecule has 2 aromatic rings. The Morgan fingerprint density at radius 2 is 1.68 bits per heavy atom. The van der Waals surface area contributed by atoms with E-state index in [4.69, 9.17) is 0 Å². The Labute approximate surface area is 197 Å². The number of thiophene rings is 1. The van der Waals surface area contributed by atoms with Crippen molar-refractivity contribution in [1.29, 1.82) is 0 Å². The number of benzene rings is 1. The maximum Gasteiger partial charge on any atom is 0.279 e. The van der Waals surface area contributed by atoms with Crippen molar-refractivity contribution in [3.05, 3.63) is 58.3 Å². The summed E-state index contributed by atoms with van der Waals surface area (Å²) in [6, 6.07) is 11.0. The Bertz CT molecular complexity index is 815. The average Bonchev–Trinajstić information content (AvgIpc) is 3.22. The highest BCUT2D eigenvalue weighted by Gasteiger charge is 2.19. The molecule has 0 radical (unpaired) electrons. The zero-order valence-corrected chi connectivity index (χ0v) is 20.5. The third-order valence-corrected chi connectivity index (χ3v) is 5.92. The van der Waals surface area contributed by atoms with Crippen LogP contribution in [0.15, 0.2) is 47.9 Å². The van der Waals surface area contributed by atoms with E-state index in [1.165, 1.54) is 32.1 Å². The van der Waals surface area contributed by atoms with Gasteiger partial charge in [0.15, 0.2) is 12.3 Å². The van der Waals surface area contributed by atoms with Crippen LogP contribution in [0.1, 0.15) is 60.7 Å². The van der Waals surface area contributed by atoms with Crippen LogP contribution in [0.3, 0.4) is 0 Å². The molecule has 0 saturated heterocycles. The number of likely N-dealkylation sites (N-methyl/N-ethyl adjacent to an activating group) is 1. The summed E-state index contributed by atoms with van der Waals surface area (Å²) < 4.78 is 0.684. The lowest BCUT2D eigenvalue weighted by molar-refractivity contribution is -0.882. The van der Waals surface area contributed by atoms with E-state index in [0.29, 0.717) is 16.6 Å². The van der Waals surface area contributed by atoms with E-state index in [0.717, 1.165) is 23.5 Å². The molecule has 0 bridgehead atoms. The zero-order chi connectivity index (χ0) is 21.8. The van der Waals surface area contributed by atoms with Crippen LogP contribution >= 0.6 is 11.3 Å². The second-order valence-electron chi connectivity index (χ2n) is 8.42. The highest BCUT2D eigenvalue weighted by Crippen LogP contribution is 2.14. The van der Waals surface area contributed by atoms with E-state index in [1.807, 2.05) is 23.6 Å². The van der Waals surface area contributed by atoms with E-state index < -0.39 is 0 Å². The fourth-order valence-electron chi connectivity index (χ4n) is 3.35. The molecular formula is C25H35ClN2O2S. The molecule has 6 heteroatoms. The van der Waals surface area contributed by atoms with E-state index in [9.17, 15) is 9.59 Å². The molecule has 0 aliphatic carbocycles. The van der Waals surface area contributed by atoms with Crippen molar-refractivity contribution in [3.8, 4) is 0 Å². The standard InChI is InChI=1S/C25H34N2O2S.ClH/c1-4-5-6-7-8-9-18-27(2,3)20-25(29)26-22-14-12-21(13-15-22)24(28)17-16-23-11-10-19-30-23;/h10-17,19H,4-9,18,20H2,1-3H3;1H/b17-16+;. The van der Waals surface area contributed by atoms with Crippen LogP contribution in [0.25, 0.3) is 6.08 Å². The normalized spacial score (nSPS) is 11.3. The molecule has 4 nitrogen and oxygen atoms in total. The summed E-state index contributed by atoms with van der Waals surface area (Å²) >= 11 is 1.59. The fourth-order valence-corrected chi connectivity index (χ4v) is 3.96. The van der Waals surface area contributed by atoms with Gasteiger partial charge >= 0.3 is 0 Å². The molecule has 1 aromatic heterocycles. The Balaban J connectivity index is 0.00000480. The predicted octanol–water partition coefficient (Wildman–Crippen LogP) is 3.02. The van der Waals surface area contributed by atoms with Crippen molar-refractivity contribution in [2.24, 2.45) is 0 Å². The zero-order valence-electron chi connectivity index (χ0n) is 18.9. The lowest BCUT2D eigenvalue weighted by atomic mass is 10.1. The summed E-state index contributed by atoms with van der Waals surface area (Å²) in [6.07, 6.45) is 11.0. The van der Waals surface area contributed by atoms with Gasteiger partial charge in [0, 0.05) is 16.1 Å². The molecule has 0 saturated carbocycles. The number of carbonyl (C=O) groups is 2. The van der Waals surface area contributed by atoms with Gasteiger partial charge in [-0.05, 0) is 60.7 Å². The number of halogens is 1. The summed E-state index contributed by atoms with van der Waals surface area (Å²) in [6.45, 7) is 3.68. The predicted molar refractivity (Wildman–Crippen MR) is 128 cm³/mol. The molecule has 0 spiro atoms. The number of ketones is 1. The Morgan fingerprint density at radius 3 is 2.32 bits per heavy atom. The van der Waals surface area contributed by atoms with Gasteiger partial charge in [-0.1, -0.05) is 38.7 Å². The molecule has 1 N–H and O–H groups in total. The highest BCUT2D eigenvalue weighted by atomic mass is 35.5. The quantitative estimate of drug-likeness (QED) is 0.215. The molecule has 0 fully saturated rings. The van der Waals surface area contributed by atoms with Crippen LogP contribution in [-0.2, 0) is 4.79 Å². The van der Waals surface area contributed by atoms with Crippen molar-refractivity contribution >= 4 is 34.8 Å². The van der Waals surface area contributed by atoms with Crippen molar-refractivity contribution in [1.82, 2.24) is 0 Å².